The Kier molecular flexibility index (Phi) is 3.41. The second kappa shape index (κ2) is 3.93. The van der Waals surface area contributed by atoms with Gasteiger partial charge in [-0.05, 0) is 39.4 Å². The van der Waals surface area contributed by atoms with Crippen molar-refractivity contribution in [1.29, 1.82) is 0 Å². The van der Waals surface area contributed by atoms with Crippen LogP contribution in [0.25, 0.3) is 0 Å². The van der Waals surface area contributed by atoms with Crippen molar-refractivity contribution in [3.8, 4) is 0 Å². The van der Waals surface area contributed by atoms with Crippen LogP contribution in [-0.4, -0.2) is 26.0 Å². The van der Waals surface area contributed by atoms with Crippen LogP contribution in [0.15, 0.2) is 0 Å². The fraction of sp³-hybridized carbons (Fsp3) is 1.00. The molecule has 3 nitrogen and oxygen atoms in total. The maximum absolute atomic E-state index is 6.27. The molecule has 0 amide bonds. The first-order valence-corrected chi connectivity index (χ1v) is 8.63. The molecule has 0 aromatic carbocycles. The molecule has 2 unspecified atom stereocenters. The number of nitrogens with two attached hydrogens (primary N) is 2. The monoisotopic (exact) mass is 216 g/mol. The van der Waals surface area contributed by atoms with Gasteiger partial charge in [0.15, 0.2) is 8.32 Å². The molecule has 0 aromatic heterocycles. The summed E-state index contributed by atoms with van der Waals surface area (Å²) in [6.45, 7) is 8.54. The van der Waals surface area contributed by atoms with E-state index in [1.807, 2.05) is 13.8 Å². The highest BCUT2D eigenvalue weighted by Crippen LogP contribution is 2.36. The van der Waals surface area contributed by atoms with E-state index in [4.69, 9.17) is 15.9 Å². The average Bonchev–Trinajstić information content (AvgIpc) is 2.01. The lowest BCUT2D eigenvalue weighted by molar-refractivity contribution is -0.00418. The van der Waals surface area contributed by atoms with Gasteiger partial charge in [-0.1, -0.05) is 6.42 Å². The Morgan fingerprint density at radius 1 is 1.21 bits per heavy atom. The lowest BCUT2D eigenvalue weighted by Crippen LogP contribution is -2.64. The zero-order valence-electron chi connectivity index (χ0n) is 9.84. The van der Waals surface area contributed by atoms with Gasteiger partial charge in [0.1, 0.15) is 0 Å². The van der Waals surface area contributed by atoms with Gasteiger partial charge in [-0.3, -0.25) is 0 Å². The lowest BCUT2D eigenvalue weighted by Gasteiger charge is -2.49. The minimum Gasteiger partial charge on any atom is -0.409 e. The Morgan fingerprint density at radius 2 is 1.71 bits per heavy atom. The van der Waals surface area contributed by atoms with Crippen LogP contribution in [0.3, 0.4) is 0 Å². The summed E-state index contributed by atoms with van der Waals surface area (Å²) < 4.78 is 6.27. The van der Waals surface area contributed by atoms with Crippen LogP contribution in [0.4, 0.5) is 0 Å². The largest absolute Gasteiger partial charge is 0.409 e. The Balaban J connectivity index is 2.88. The lowest BCUT2D eigenvalue weighted by atomic mass is 9.85. The summed E-state index contributed by atoms with van der Waals surface area (Å²) in [4.78, 5) is 0. The third-order valence-electron chi connectivity index (χ3n) is 3.35. The Hall–Kier alpha value is 0.0969. The van der Waals surface area contributed by atoms with Crippen molar-refractivity contribution < 1.29 is 4.43 Å². The quantitative estimate of drug-likeness (QED) is 0.687. The molecule has 1 aliphatic heterocycles. The van der Waals surface area contributed by atoms with Gasteiger partial charge < -0.3 is 15.9 Å². The van der Waals surface area contributed by atoms with Crippen molar-refractivity contribution in [2.45, 2.75) is 63.5 Å². The van der Waals surface area contributed by atoms with E-state index < -0.39 is 8.32 Å². The van der Waals surface area contributed by atoms with Gasteiger partial charge in [0, 0.05) is 12.1 Å². The molecular weight excluding hydrogens is 192 g/mol. The van der Waals surface area contributed by atoms with E-state index in [1.54, 1.807) is 0 Å². The highest BCUT2D eigenvalue weighted by Gasteiger charge is 2.46. The minimum atomic E-state index is -1.51. The summed E-state index contributed by atoms with van der Waals surface area (Å²) >= 11 is 0. The predicted octanol–water partition coefficient (Wildman–Crippen LogP) is 1.44. The van der Waals surface area contributed by atoms with Gasteiger partial charge in [0.25, 0.3) is 0 Å². The second-order valence-electron chi connectivity index (χ2n) is 5.25. The fourth-order valence-electron chi connectivity index (χ4n) is 2.46. The molecule has 0 aromatic rings. The normalized spacial score (nSPS) is 36.4. The molecule has 2 atom stereocenters. The van der Waals surface area contributed by atoms with Gasteiger partial charge >= 0.3 is 0 Å². The Bertz CT molecular complexity index is 196. The molecule has 1 fully saturated rings. The van der Waals surface area contributed by atoms with E-state index in [9.17, 15) is 0 Å². The molecule has 0 saturated carbocycles. The van der Waals surface area contributed by atoms with Crippen molar-refractivity contribution in [3.05, 3.63) is 0 Å². The second-order valence-corrected chi connectivity index (χ2v) is 9.47. The van der Waals surface area contributed by atoms with Crippen molar-refractivity contribution in [2.24, 2.45) is 11.5 Å². The van der Waals surface area contributed by atoms with Gasteiger partial charge in [0.2, 0.25) is 0 Å². The average molecular weight is 216 g/mol. The van der Waals surface area contributed by atoms with Crippen LogP contribution in [0, 0.1) is 0 Å². The number of hydrogen-bond acceptors (Lipinski definition) is 3. The van der Waals surface area contributed by atoms with Crippen LogP contribution in [0.5, 0.6) is 0 Å². The fourth-order valence-corrected chi connectivity index (χ4v) is 5.10. The molecule has 84 valence electrons. The number of hydrogen-bond donors (Lipinski definition) is 2. The molecule has 4 N–H and O–H groups in total. The first-order chi connectivity index (χ1) is 6.30. The highest BCUT2D eigenvalue weighted by molar-refractivity contribution is 6.71. The molecule has 0 aliphatic carbocycles. The van der Waals surface area contributed by atoms with Crippen LogP contribution in [-0.2, 0) is 4.43 Å². The maximum Gasteiger partial charge on any atom is 0.187 e. The predicted molar refractivity (Wildman–Crippen MR) is 62.6 cm³/mol. The van der Waals surface area contributed by atoms with E-state index in [-0.39, 0.29) is 17.7 Å². The van der Waals surface area contributed by atoms with Crippen LogP contribution < -0.4 is 11.5 Å². The molecule has 0 bridgehead atoms. The third kappa shape index (κ3) is 2.19. The first kappa shape index (κ1) is 12.2. The zero-order chi connectivity index (χ0) is 11.0. The zero-order valence-corrected chi connectivity index (χ0v) is 10.8. The SMILES string of the molecule is CC(N)C1(C(C)N)CCC[Si](C)(C)O1. The molecule has 1 heterocycles. The van der Waals surface area contributed by atoms with E-state index >= 15 is 0 Å². The molecule has 1 saturated heterocycles. The van der Waals surface area contributed by atoms with E-state index in [0.29, 0.717) is 0 Å². The molecule has 4 heteroatoms. The highest BCUT2D eigenvalue weighted by atomic mass is 28.4. The molecule has 14 heavy (non-hydrogen) atoms. The Morgan fingerprint density at radius 3 is 2.00 bits per heavy atom. The summed E-state index contributed by atoms with van der Waals surface area (Å²) in [5.41, 5.74) is 11.8. The standard InChI is InChI=1S/C10H24N2OSi/c1-8(11)10(9(2)12)6-5-7-14(3,4)13-10/h8-9H,5-7,11-12H2,1-4H3. The van der Waals surface area contributed by atoms with Gasteiger partial charge in [-0.15, -0.1) is 0 Å². The summed E-state index contributed by atoms with van der Waals surface area (Å²) in [6, 6.07) is 1.28. The van der Waals surface area contributed by atoms with Crippen molar-refractivity contribution in [1.82, 2.24) is 0 Å². The molecule has 1 aliphatic rings. The summed E-state index contributed by atoms with van der Waals surface area (Å²) in [6.07, 6.45) is 2.22. The third-order valence-corrected chi connectivity index (χ3v) is 5.84. The van der Waals surface area contributed by atoms with Gasteiger partial charge in [-0.25, -0.2) is 0 Å². The van der Waals surface area contributed by atoms with Crippen LogP contribution in [0.1, 0.15) is 26.7 Å². The maximum atomic E-state index is 6.27. The van der Waals surface area contributed by atoms with Crippen molar-refractivity contribution in [3.63, 3.8) is 0 Å². The van der Waals surface area contributed by atoms with Crippen LogP contribution >= 0.6 is 0 Å². The minimum absolute atomic E-state index is 0.0228. The van der Waals surface area contributed by atoms with Crippen LogP contribution in [0.2, 0.25) is 19.1 Å². The number of rotatable bonds is 2. The van der Waals surface area contributed by atoms with Gasteiger partial charge in [0.05, 0.1) is 5.60 Å². The summed E-state index contributed by atoms with van der Waals surface area (Å²) in [7, 11) is -1.51. The van der Waals surface area contributed by atoms with E-state index in [2.05, 4.69) is 13.1 Å². The Labute approximate surface area is 88.3 Å². The summed E-state index contributed by atoms with van der Waals surface area (Å²) in [5.74, 6) is 0. The smallest absolute Gasteiger partial charge is 0.187 e. The van der Waals surface area contributed by atoms with E-state index in [1.165, 1.54) is 12.5 Å². The van der Waals surface area contributed by atoms with Crippen molar-refractivity contribution in [2.75, 3.05) is 0 Å². The molecule has 0 spiro atoms. The molecule has 0 radical (unpaired) electrons. The van der Waals surface area contributed by atoms with Gasteiger partial charge in [-0.2, -0.15) is 0 Å². The molecular formula is C10H24N2OSi. The van der Waals surface area contributed by atoms with E-state index in [0.717, 1.165) is 6.42 Å². The molecule has 1 rings (SSSR count). The first-order valence-electron chi connectivity index (χ1n) is 5.51. The summed E-state index contributed by atoms with van der Waals surface area (Å²) in [5, 5.41) is 0. The van der Waals surface area contributed by atoms with Crippen molar-refractivity contribution >= 4 is 8.32 Å². The topological polar surface area (TPSA) is 61.3 Å².